The number of halogens is 1. The standard InChI is InChI=1S/C15H28N6O2S.ClH/c1-5-7-12-10-21(11-13(12)19-24(22,23)20(3)4)15-17-9-8-14(18-15)16-6-2;/h8-9,12-13,19H,5-7,10-11H2,1-4H3,(H,16,17,18);1H/t12-,13-;/m0./s1. The quantitative estimate of drug-likeness (QED) is 0.693. The highest BCUT2D eigenvalue weighted by Crippen LogP contribution is 2.26. The van der Waals surface area contributed by atoms with Gasteiger partial charge in [0.15, 0.2) is 0 Å². The predicted molar refractivity (Wildman–Crippen MR) is 104 cm³/mol. The molecule has 2 rings (SSSR count). The van der Waals surface area contributed by atoms with Gasteiger partial charge in [0.25, 0.3) is 10.2 Å². The minimum atomic E-state index is -3.45. The monoisotopic (exact) mass is 392 g/mol. The van der Waals surface area contributed by atoms with Crippen LogP contribution in [-0.2, 0) is 10.2 Å². The lowest BCUT2D eigenvalue weighted by Gasteiger charge is -2.21. The lowest BCUT2D eigenvalue weighted by molar-refractivity contribution is 0.424. The maximum atomic E-state index is 12.2. The largest absolute Gasteiger partial charge is 0.370 e. The molecule has 1 aliphatic heterocycles. The fraction of sp³-hybridized carbons (Fsp3) is 0.733. The molecule has 2 atom stereocenters. The lowest BCUT2D eigenvalue weighted by Crippen LogP contribution is -2.45. The Kier molecular flexibility index (Phi) is 8.33. The molecular formula is C15H29ClN6O2S. The highest BCUT2D eigenvalue weighted by Gasteiger charge is 2.36. The van der Waals surface area contributed by atoms with Crippen molar-refractivity contribution >= 4 is 34.4 Å². The molecule has 1 aliphatic rings. The summed E-state index contributed by atoms with van der Waals surface area (Å²) in [4.78, 5) is 10.9. The van der Waals surface area contributed by atoms with Gasteiger partial charge in [-0.1, -0.05) is 13.3 Å². The van der Waals surface area contributed by atoms with Crippen molar-refractivity contribution in [1.29, 1.82) is 0 Å². The van der Waals surface area contributed by atoms with Crippen LogP contribution in [0.3, 0.4) is 0 Å². The number of anilines is 2. The molecule has 1 fully saturated rings. The molecule has 144 valence electrons. The van der Waals surface area contributed by atoms with Crippen molar-refractivity contribution in [2.75, 3.05) is 43.9 Å². The molecule has 1 aromatic heterocycles. The zero-order valence-corrected chi connectivity index (χ0v) is 16.9. The van der Waals surface area contributed by atoms with Crippen LogP contribution in [0.25, 0.3) is 0 Å². The Hall–Kier alpha value is -1.16. The second-order valence-electron chi connectivity index (χ2n) is 6.24. The van der Waals surface area contributed by atoms with E-state index in [2.05, 4.69) is 31.8 Å². The first kappa shape index (κ1) is 21.9. The summed E-state index contributed by atoms with van der Waals surface area (Å²) in [5.41, 5.74) is 0. The molecular weight excluding hydrogens is 364 g/mol. The van der Waals surface area contributed by atoms with E-state index in [1.54, 1.807) is 6.20 Å². The molecule has 8 nitrogen and oxygen atoms in total. The van der Waals surface area contributed by atoms with Crippen molar-refractivity contribution in [2.24, 2.45) is 5.92 Å². The SMILES string of the molecule is CCC[C@H]1CN(c2nccc(NCC)n2)C[C@@H]1NS(=O)(=O)N(C)C.Cl. The molecule has 1 aromatic rings. The summed E-state index contributed by atoms with van der Waals surface area (Å²) in [6.07, 6.45) is 3.70. The second kappa shape index (κ2) is 9.51. The first-order chi connectivity index (χ1) is 11.4. The van der Waals surface area contributed by atoms with E-state index < -0.39 is 10.2 Å². The van der Waals surface area contributed by atoms with E-state index in [0.29, 0.717) is 12.5 Å². The molecule has 10 heteroatoms. The van der Waals surface area contributed by atoms with Gasteiger partial charge in [-0.25, -0.2) is 4.98 Å². The van der Waals surface area contributed by atoms with Crippen molar-refractivity contribution < 1.29 is 8.42 Å². The summed E-state index contributed by atoms with van der Waals surface area (Å²) in [6, 6.07) is 1.70. The average Bonchev–Trinajstić information content (AvgIpc) is 2.90. The third-order valence-corrected chi connectivity index (χ3v) is 5.73. The maximum absolute atomic E-state index is 12.2. The fourth-order valence-corrected chi connectivity index (χ4v) is 3.77. The number of aromatic nitrogens is 2. The van der Waals surface area contributed by atoms with Gasteiger partial charge in [0.05, 0.1) is 0 Å². The van der Waals surface area contributed by atoms with Crippen LogP contribution in [0.15, 0.2) is 12.3 Å². The molecule has 0 unspecified atom stereocenters. The minimum Gasteiger partial charge on any atom is -0.370 e. The molecule has 0 amide bonds. The van der Waals surface area contributed by atoms with Crippen LogP contribution < -0.4 is 14.9 Å². The van der Waals surface area contributed by atoms with E-state index in [-0.39, 0.29) is 24.4 Å². The third kappa shape index (κ3) is 5.67. The molecule has 1 saturated heterocycles. The van der Waals surface area contributed by atoms with Crippen molar-refractivity contribution in [1.82, 2.24) is 19.0 Å². The zero-order chi connectivity index (χ0) is 17.7. The van der Waals surface area contributed by atoms with Gasteiger partial charge < -0.3 is 10.2 Å². The van der Waals surface area contributed by atoms with Crippen LogP contribution in [0.1, 0.15) is 26.7 Å². The van der Waals surface area contributed by atoms with Crippen LogP contribution >= 0.6 is 12.4 Å². The Morgan fingerprint density at radius 3 is 2.64 bits per heavy atom. The molecule has 25 heavy (non-hydrogen) atoms. The average molecular weight is 393 g/mol. The fourth-order valence-electron chi connectivity index (χ4n) is 2.91. The maximum Gasteiger partial charge on any atom is 0.279 e. The topological polar surface area (TPSA) is 90.5 Å². The van der Waals surface area contributed by atoms with E-state index in [0.717, 1.165) is 31.7 Å². The summed E-state index contributed by atoms with van der Waals surface area (Å²) < 4.78 is 28.4. The van der Waals surface area contributed by atoms with Gasteiger partial charge in [-0.2, -0.15) is 22.4 Å². The molecule has 2 heterocycles. The van der Waals surface area contributed by atoms with E-state index in [1.165, 1.54) is 18.4 Å². The second-order valence-corrected chi connectivity index (χ2v) is 8.15. The Bertz CT molecular complexity index is 643. The van der Waals surface area contributed by atoms with Gasteiger partial charge in [0, 0.05) is 46.0 Å². The zero-order valence-electron chi connectivity index (χ0n) is 15.3. The van der Waals surface area contributed by atoms with Crippen molar-refractivity contribution in [3.63, 3.8) is 0 Å². The Balaban J connectivity index is 0.00000312. The Labute approximate surface area is 157 Å². The smallest absolute Gasteiger partial charge is 0.279 e. The minimum absolute atomic E-state index is 0. The Morgan fingerprint density at radius 1 is 1.32 bits per heavy atom. The van der Waals surface area contributed by atoms with Gasteiger partial charge in [-0.05, 0) is 25.3 Å². The van der Waals surface area contributed by atoms with Crippen LogP contribution in [0.2, 0.25) is 0 Å². The number of hydrogen-bond donors (Lipinski definition) is 2. The van der Waals surface area contributed by atoms with Crippen molar-refractivity contribution in [2.45, 2.75) is 32.7 Å². The van der Waals surface area contributed by atoms with E-state index in [4.69, 9.17) is 0 Å². The summed E-state index contributed by atoms with van der Waals surface area (Å²) in [6.45, 7) is 6.25. The number of nitrogens with zero attached hydrogens (tertiary/aromatic N) is 4. The normalized spacial score (nSPS) is 20.6. The van der Waals surface area contributed by atoms with Crippen molar-refractivity contribution in [3.8, 4) is 0 Å². The first-order valence-electron chi connectivity index (χ1n) is 8.39. The highest BCUT2D eigenvalue weighted by molar-refractivity contribution is 7.87. The molecule has 0 saturated carbocycles. The molecule has 0 spiro atoms. The molecule has 0 radical (unpaired) electrons. The van der Waals surface area contributed by atoms with Crippen molar-refractivity contribution in [3.05, 3.63) is 12.3 Å². The van der Waals surface area contributed by atoms with Gasteiger partial charge in [0.2, 0.25) is 5.95 Å². The predicted octanol–water partition coefficient (Wildman–Crippen LogP) is 1.33. The molecule has 0 bridgehead atoms. The number of hydrogen-bond acceptors (Lipinski definition) is 6. The van der Waals surface area contributed by atoms with Crippen LogP contribution in [-0.4, -0.2) is 62.5 Å². The first-order valence-corrected chi connectivity index (χ1v) is 9.83. The van der Waals surface area contributed by atoms with Gasteiger partial charge in [0.1, 0.15) is 5.82 Å². The van der Waals surface area contributed by atoms with E-state index in [9.17, 15) is 8.42 Å². The van der Waals surface area contributed by atoms with Crippen LogP contribution in [0.5, 0.6) is 0 Å². The van der Waals surface area contributed by atoms with Crippen LogP contribution in [0, 0.1) is 5.92 Å². The van der Waals surface area contributed by atoms with E-state index >= 15 is 0 Å². The molecule has 0 aliphatic carbocycles. The van der Waals surface area contributed by atoms with Crippen LogP contribution in [0.4, 0.5) is 11.8 Å². The van der Waals surface area contributed by atoms with E-state index in [1.807, 2.05) is 13.0 Å². The number of nitrogens with one attached hydrogen (secondary N) is 2. The summed E-state index contributed by atoms with van der Waals surface area (Å²) in [5.74, 6) is 1.67. The number of rotatable bonds is 8. The summed E-state index contributed by atoms with van der Waals surface area (Å²) >= 11 is 0. The molecule has 2 N–H and O–H groups in total. The summed E-state index contributed by atoms with van der Waals surface area (Å²) in [5, 5.41) is 3.18. The Morgan fingerprint density at radius 2 is 2.04 bits per heavy atom. The molecule has 0 aromatic carbocycles. The highest BCUT2D eigenvalue weighted by atomic mass is 35.5. The van der Waals surface area contributed by atoms with Gasteiger partial charge >= 0.3 is 0 Å². The lowest BCUT2D eigenvalue weighted by atomic mass is 9.99. The van der Waals surface area contributed by atoms with Gasteiger partial charge in [-0.3, -0.25) is 0 Å². The third-order valence-electron chi connectivity index (χ3n) is 4.17. The summed E-state index contributed by atoms with van der Waals surface area (Å²) in [7, 11) is -0.383. The van der Waals surface area contributed by atoms with Gasteiger partial charge in [-0.15, -0.1) is 12.4 Å².